The molecule has 0 bridgehead atoms. The molecule has 1 rings (SSSR count). The number of benzene rings is 1. The molecule has 1 aromatic carbocycles. The minimum absolute atomic E-state index is 0.0496. The van der Waals surface area contributed by atoms with Crippen LogP contribution in [0.5, 0.6) is 0 Å². The summed E-state index contributed by atoms with van der Waals surface area (Å²) < 4.78 is 0. The molecule has 0 aliphatic rings. The summed E-state index contributed by atoms with van der Waals surface area (Å²) in [6.07, 6.45) is 3.24. The molecule has 0 saturated heterocycles. The molecule has 0 unspecified atom stereocenters. The Kier molecular flexibility index (Phi) is 4.81. The summed E-state index contributed by atoms with van der Waals surface area (Å²) >= 11 is 0. The van der Waals surface area contributed by atoms with Gasteiger partial charge in [-0.1, -0.05) is 25.1 Å². The summed E-state index contributed by atoms with van der Waals surface area (Å²) in [7, 11) is 0. The maximum absolute atomic E-state index is 5.94. The van der Waals surface area contributed by atoms with E-state index in [1.54, 1.807) is 0 Å². The van der Waals surface area contributed by atoms with Crippen LogP contribution in [-0.4, -0.2) is 12.1 Å². The van der Waals surface area contributed by atoms with E-state index < -0.39 is 0 Å². The van der Waals surface area contributed by atoms with Crippen LogP contribution in [0.2, 0.25) is 0 Å². The normalized spacial score (nSPS) is 11.5. The topological polar surface area (TPSA) is 38.0 Å². The highest BCUT2D eigenvalue weighted by Gasteiger charge is 2.09. The van der Waals surface area contributed by atoms with Gasteiger partial charge in [-0.15, -0.1) is 0 Å². The smallest absolute Gasteiger partial charge is 0.0372 e. The molecule has 0 fully saturated rings. The highest BCUT2D eigenvalue weighted by molar-refractivity contribution is 5.50. The first-order valence-electron chi connectivity index (χ1n) is 6.13. The summed E-state index contributed by atoms with van der Waals surface area (Å²) in [4.78, 5) is 0. The van der Waals surface area contributed by atoms with Gasteiger partial charge in [0.25, 0.3) is 0 Å². The molecule has 90 valence electrons. The Morgan fingerprint density at radius 2 is 1.94 bits per heavy atom. The zero-order valence-electron chi connectivity index (χ0n) is 10.7. The van der Waals surface area contributed by atoms with Gasteiger partial charge < -0.3 is 11.1 Å². The highest BCUT2D eigenvalue weighted by Crippen LogP contribution is 2.16. The largest absolute Gasteiger partial charge is 0.385 e. The number of para-hydroxylation sites is 1. The zero-order chi connectivity index (χ0) is 12.0. The van der Waals surface area contributed by atoms with E-state index in [1.165, 1.54) is 11.3 Å². The van der Waals surface area contributed by atoms with Gasteiger partial charge in [-0.2, -0.15) is 0 Å². The van der Waals surface area contributed by atoms with Crippen LogP contribution in [0.25, 0.3) is 0 Å². The molecule has 0 amide bonds. The van der Waals surface area contributed by atoms with Gasteiger partial charge in [-0.3, -0.25) is 0 Å². The number of aryl methyl sites for hydroxylation is 1. The van der Waals surface area contributed by atoms with Gasteiger partial charge in [-0.25, -0.2) is 0 Å². The van der Waals surface area contributed by atoms with Crippen molar-refractivity contribution < 1.29 is 0 Å². The Labute approximate surface area is 99.2 Å². The molecule has 0 spiro atoms. The van der Waals surface area contributed by atoms with Gasteiger partial charge in [0, 0.05) is 17.8 Å². The molecular formula is C14H24N2. The van der Waals surface area contributed by atoms with Crippen LogP contribution in [0.1, 0.15) is 39.2 Å². The van der Waals surface area contributed by atoms with E-state index in [4.69, 9.17) is 5.73 Å². The lowest BCUT2D eigenvalue weighted by Crippen LogP contribution is -2.32. The molecular weight excluding hydrogens is 196 g/mol. The fourth-order valence-electron chi connectivity index (χ4n) is 1.77. The van der Waals surface area contributed by atoms with Crippen LogP contribution in [0.3, 0.4) is 0 Å². The monoisotopic (exact) mass is 220 g/mol. The van der Waals surface area contributed by atoms with Crippen molar-refractivity contribution in [3.05, 3.63) is 29.8 Å². The van der Waals surface area contributed by atoms with Gasteiger partial charge >= 0.3 is 0 Å². The third-order valence-corrected chi connectivity index (χ3v) is 2.71. The molecule has 3 N–H and O–H groups in total. The summed E-state index contributed by atoms with van der Waals surface area (Å²) in [5, 5.41) is 3.48. The Bertz CT molecular complexity index is 313. The summed E-state index contributed by atoms with van der Waals surface area (Å²) in [6.45, 7) is 7.33. The van der Waals surface area contributed by atoms with Crippen molar-refractivity contribution in [1.29, 1.82) is 0 Å². The lowest BCUT2D eigenvalue weighted by Gasteiger charge is -2.18. The average Bonchev–Trinajstić information content (AvgIpc) is 2.23. The fourth-order valence-corrected chi connectivity index (χ4v) is 1.77. The van der Waals surface area contributed by atoms with Crippen molar-refractivity contribution >= 4 is 5.69 Å². The van der Waals surface area contributed by atoms with E-state index in [0.29, 0.717) is 0 Å². The van der Waals surface area contributed by atoms with Crippen LogP contribution in [0.15, 0.2) is 24.3 Å². The maximum atomic E-state index is 5.94. The van der Waals surface area contributed by atoms with Crippen LogP contribution >= 0.6 is 0 Å². The van der Waals surface area contributed by atoms with Gasteiger partial charge in [0.2, 0.25) is 0 Å². The second-order valence-corrected chi connectivity index (χ2v) is 5.03. The van der Waals surface area contributed by atoms with E-state index in [1.807, 2.05) is 0 Å². The van der Waals surface area contributed by atoms with E-state index in [-0.39, 0.29) is 5.54 Å². The third kappa shape index (κ3) is 4.67. The average molecular weight is 220 g/mol. The van der Waals surface area contributed by atoms with Crippen molar-refractivity contribution in [2.75, 3.05) is 11.9 Å². The van der Waals surface area contributed by atoms with Crippen molar-refractivity contribution in [1.82, 2.24) is 0 Å². The minimum atomic E-state index is -0.0496. The molecule has 0 heterocycles. The number of hydrogen-bond acceptors (Lipinski definition) is 2. The highest BCUT2D eigenvalue weighted by atomic mass is 14.9. The number of hydrogen-bond donors (Lipinski definition) is 2. The Morgan fingerprint density at radius 1 is 1.25 bits per heavy atom. The number of nitrogens with one attached hydrogen (secondary N) is 1. The standard InChI is InChI=1S/C14H24N2/c1-4-12-8-5-6-9-13(12)16-11-7-10-14(2,3)15/h5-6,8-9,16H,4,7,10-11,15H2,1-3H3. The van der Waals surface area contributed by atoms with Crippen molar-refractivity contribution in [2.24, 2.45) is 5.73 Å². The fraction of sp³-hybridized carbons (Fsp3) is 0.571. The van der Waals surface area contributed by atoms with Gasteiger partial charge in [0.05, 0.1) is 0 Å². The van der Waals surface area contributed by atoms with Crippen LogP contribution in [0.4, 0.5) is 5.69 Å². The Balaban J connectivity index is 2.37. The second-order valence-electron chi connectivity index (χ2n) is 5.03. The predicted octanol–water partition coefficient (Wildman–Crippen LogP) is 3.18. The van der Waals surface area contributed by atoms with Crippen LogP contribution in [-0.2, 0) is 6.42 Å². The lowest BCUT2D eigenvalue weighted by molar-refractivity contribution is 0.465. The van der Waals surface area contributed by atoms with Crippen LogP contribution in [0, 0.1) is 0 Å². The molecule has 0 atom stereocenters. The Morgan fingerprint density at radius 3 is 2.56 bits per heavy atom. The molecule has 0 aliphatic carbocycles. The second kappa shape index (κ2) is 5.90. The maximum Gasteiger partial charge on any atom is 0.0372 e. The first-order chi connectivity index (χ1) is 7.53. The van der Waals surface area contributed by atoms with Crippen molar-refractivity contribution in [3.63, 3.8) is 0 Å². The molecule has 0 radical (unpaired) electrons. The quantitative estimate of drug-likeness (QED) is 0.723. The minimum Gasteiger partial charge on any atom is -0.385 e. The Hall–Kier alpha value is -1.02. The van der Waals surface area contributed by atoms with Gasteiger partial charge in [0.1, 0.15) is 0 Å². The van der Waals surface area contributed by atoms with E-state index in [2.05, 4.69) is 50.4 Å². The van der Waals surface area contributed by atoms with Gasteiger partial charge in [0.15, 0.2) is 0 Å². The molecule has 2 nitrogen and oxygen atoms in total. The van der Waals surface area contributed by atoms with E-state index >= 15 is 0 Å². The molecule has 2 heteroatoms. The molecule has 0 saturated carbocycles. The lowest BCUT2D eigenvalue weighted by atomic mass is 10.0. The zero-order valence-corrected chi connectivity index (χ0v) is 10.7. The van der Waals surface area contributed by atoms with E-state index in [9.17, 15) is 0 Å². The molecule has 0 aliphatic heterocycles. The number of rotatable bonds is 6. The third-order valence-electron chi connectivity index (χ3n) is 2.71. The number of anilines is 1. The molecule has 1 aromatic rings. The predicted molar refractivity (Wildman–Crippen MR) is 71.8 cm³/mol. The first kappa shape index (κ1) is 13.0. The summed E-state index contributed by atoms with van der Waals surface area (Å²) in [6, 6.07) is 8.49. The molecule has 16 heavy (non-hydrogen) atoms. The van der Waals surface area contributed by atoms with Gasteiger partial charge in [-0.05, 0) is 44.7 Å². The summed E-state index contributed by atoms with van der Waals surface area (Å²) in [5.41, 5.74) is 8.54. The van der Waals surface area contributed by atoms with Crippen LogP contribution < -0.4 is 11.1 Å². The van der Waals surface area contributed by atoms with E-state index in [0.717, 1.165) is 25.8 Å². The number of nitrogens with two attached hydrogens (primary N) is 1. The van der Waals surface area contributed by atoms with Crippen molar-refractivity contribution in [2.45, 2.75) is 45.6 Å². The summed E-state index contributed by atoms with van der Waals surface area (Å²) in [5.74, 6) is 0. The first-order valence-corrected chi connectivity index (χ1v) is 6.13. The molecule has 0 aromatic heterocycles. The van der Waals surface area contributed by atoms with Crippen molar-refractivity contribution in [3.8, 4) is 0 Å². The SMILES string of the molecule is CCc1ccccc1NCCCC(C)(C)N.